The molecule has 1 aromatic heterocycles. The predicted molar refractivity (Wildman–Crippen MR) is 122 cm³/mol. The second-order valence-corrected chi connectivity index (χ2v) is 9.54. The molecule has 0 radical (unpaired) electrons. The highest BCUT2D eigenvalue weighted by atomic mass is 19.1. The standard InChI is InChI=1S/C24H29FN4O2.CH2O2/c1-16-11-26-28(12-16)15-24(31)27-13-18-10-19(14-27)22(9-17-4-2-5-20(25)8-17)29-21(18)6-3-7-23(29)30;2-1-3/h2,4-5,8,11-12,18-19,21-22H,3,6-7,9-10,13-15H2,1H3;1H,(H,2,3)/t18-,19+,21+,22+;/m1./s1. The van der Waals surface area contributed by atoms with Gasteiger partial charge < -0.3 is 14.9 Å². The molecule has 0 aliphatic carbocycles. The maximum atomic E-state index is 13.8. The zero-order valence-corrected chi connectivity index (χ0v) is 19.3. The first-order valence-corrected chi connectivity index (χ1v) is 11.8. The van der Waals surface area contributed by atoms with Gasteiger partial charge in [0.15, 0.2) is 0 Å². The van der Waals surface area contributed by atoms with Crippen LogP contribution < -0.4 is 0 Å². The highest BCUT2D eigenvalue weighted by molar-refractivity contribution is 5.78. The van der Waals surface area contributed by atoms with Gasteiger partial charge in [-0.2, -0.15) is 5.10 Å². The van der Waals surface area contributed by atoms with E-state index in [4.69, 9.17) is 9.90 Å². The van der Waals surface area contributed by atoms with E-state index in [1.807, 2.05) is 24.1 Å². The summed E-state index contributed by atoms with van der Waals surface area (Å²) in [4.78, 5) is 38.5. The molecule has 0 spiro atoms. The Hall–Kier alpha value is -3.23. The Balaban J connectivity index is 0.000000868. The van der Waals surface area contributed by atoms with Gasteiger partial charge in [0.1, 0.15) is 12.4 Å². The minimum absolute atomic E-state index is 0.0124. The molecule has 3 aliphatic rings. The number of amides is 2. The third-order valence-electron chi connectivity index (χ3n) is 7.24. The van der Waals surface area contributed by atoms with E-state index in [0.717, 1.165) is 30.4 Å². The highest BCUT2D eigenvalue weighted by Crippen LogP contribution is 2.42. The maximum Gasteiger partial charge on any atom is 0.290 e. The van der Waals surface area contributed by atoms with E-state index in [2.05, 4.69) is 10.00 Å². The van der Waals surface area contributed by atoms with E-state index in [-0.39, 0.29) is 48.7 Å². The Bertz CT molecular complexity index is 1040. The fourth-order valence-electron chi connectivity index (χ4n) is 5.94. The van der Waals surface area contributed by atoms with Gasteiger partial charge in [0.05, 0.1) is 6.20 Å². The summed E-state index contributed by atoms with van der Waals surface area (Å²) in [5.74, 6) is 0.582. The van der Waals surface area contributed by atoms with Crippen molar-refractivity contribution in [2.24, 2.45) is 11.8 Å². The van der Waals surface area contributed by atoms with E-state index < -0.39 is 0 Å². The average Bonchev–Trinajstić information content (AvgIpc) is 3.21. The lowest BCUT2D eigenvalue weighted by Crippen LogP contribution is -2.66. The number of benzene rings is 1. The first-order chi connectivity index (χ1) is 16.4. The molecule has 9 heteroatoms. The van der Waals surface area contributed by atoms with Crippen LogP contribution in [-0.4, -0.2) is 68.1 Å². The van der Waals surface area contributed by atoms with Crippen molar-refractivity contribution in [2.45, 2.75) is 57.7 Å². The summed E-state index contributed by atoms with van der Waals surface area (Å²) in [6, 6.07) is 6.88. The Morgan fingerprint density at radius 2 is 2.06 bits per heavy atom. The summed E-state index contributed by atoms with van der Waals surface area (Å²) in [5.41, 5.74) is 1.95. The molecule has 2 bridgehead atoms. The number of piperidine rings is 3. The number of rotatable bonds is 4. The van der Waals surface area contributed by atoms with Crippen molar-refractivity contribution in [2.75, 3.05) is 13.1 Å². The minimum atomic E-state index is -0.250. The topological polar surface area (TPSA) is 95.7 Å². The van der Waals surface area contributed by atoms with Crippen LogP contribution in [0.2, 0.25) is 0 Å². The van der Waals surface area contributed by atoms with E-state index in [0.29, 0.717) is 31.8 Å². The van der Waals surface area contributed by atoms with Crippen molar-refractivity contribution in [3.05, 3.63) is 53.6 Å². The molecular weight excluding hydrogens is 439 g/mol. The molecule has 0 unspecified atom stereocenters. The Labute approximate surface area is 198 Å². The van der Waals surface area contributed by atoms with Crippen LogP contribution in [0.4, 0.5) is 4.39 Å². The molecule has 5 rings (SSSR count). The molecule has 182 valence electrons. The molecule has 2 aromatic rings. The molecular formula is C25H31FN4O4. The fraction of sp³-hybridized carbons (Fsp3) is 0.520. The van der Waals surface area contributed by atoms with E-state index in [1.54, 1.807) is 23.0 Å². The zero-order valence-electron chi connectivity index (χ0n) is 19.3. The molecule has 1 aromatic carbocycles. The molecule has 3 fully saturated rings. The van der Waals surface area contributed by atoms with E-state index in [1.165, 1.54) is 6.07 Å². The number of carbonyl (C=O) groups excluding carboxylic acids is 2. The number of aromatic nitrogens is 2. The number of carboxylic acid groups (broad SMARTS) is 1. The lowest BCUT2D eigenvalue weighted by Gasteiger charge is -2.56. The van der Waals surface area contributed by atoms with Crippen molar-refractivity contribution in [3.8, 4) is 0 Å². The van der Waals surface area contributed by atoms with Gasteiger partial charge in [0.2, 0.25) is 11.8 Å². The molecule has 4 atom stereocenters. The van der Waals surface area contributed by atoms with Gasteiger partial charge in [-0.1, -0.05) is 12.1 Å². The van der Waals surface area contributed by atoms with Crippen molar-refractivity contribution in [1.29, 1.82) is 0 Å². The highest BCUT2D eigenvalue weighted by Gasteiger charge is 2.49. The van der Waals surface area contributed by atoms with E-state index in [9.17, 15) is 14.0 Å². The Morgan fingerprint density at radius 3 is 2.76 bits per heavy atom. The number of carbonyl (C=O) groups is 3. The zero-order chi connectivity index (χ0) is 24.2. The van der Waals surface area contributed by atoms with Gasteiger partial charge in [-0.25, -0.2) is 4.39 Å². The molecule has 8 nitrogen and oxygen atoms in total. The van der Waals surface area contributed by atoms with Crippen LogP contribution in [0.25, 0.3) is 0 Å². The molecule has 4 heterocycles. The summed E-state index contributed by atoms with van der Waals surface area (Å²) in [7, 11) is 0. The van der Waals surface area contributed by atoms with E-state index >= 15 is 0 Å². The van der Waals surface area contributed by atoms with Crippen LogP contribution in [0, 0.1) is 24.6 Å². The lowest BCUT2D eigenvalue weighted by atomic mass is 9.70. The van der Waals surface area contributed by atoms with Crippen molar-refractivity contribution in [1.82, 2.24) is 19.6 Å². The van der Waals surface area contributed by atoms with Gasteiger partial charge in [-0.05, 0) is 67.7 Å². The quantitative estimate of drug-likeness (QED) is 0.693. The maximum absolute atomic E-state index is 13.8. The van der Waals surface area contributed by atoms with Gasteiger partial charge in [0.25, 0.3) is 6.47 Å². The second-order valence-electron chi connectivity index (χ2n) is 9.54. The number of halogens is 1. The fourth-order valence-corrected chi connectivity index (χ4v) is 5.94. The van der Waals surface area contributed by atoms with Crippen molar-refractivity contribution < 1.29 is 23.9 Å². The monoisotopic (exact) mass is 470 g/mol. The largest absolute Gasteiger partial charge is 0.483 e. The summed E-state index contributed by atoms with van der Waals surface area (Å²) < 4.78 is 15.5. The minimum Gasteiger partial charge on any atom is -0.483 e. The van der Waals surface area contributed by atoms with Crippen LogP contribution in [0.5, 0.6) is 0 Å². The van der Waals surface area contributed by atoms with Crippen molar-refractivity contribution >= 4 is 18.3 Å². The number of aryl methyl sites for hydroxylation is 1. The number of hydrogen-bond donors (Lipinski definition) is 1. The van der Waals surface area contributed by atoms with Crippen LogP contribution in [0.3, 0.4) is 0 Å². The Morgan fingerprint density at radius 1 is 1.29 bits per heavy atom. The van der Waals surface area contributed by atoms with Crippen LogP contribution >= 0.6 is 0 Å². The first-order valence-electron chi connectivity index (χ1n) is 11.8. The van der Waals surface area contributed by atoms with Crippen molar-refractivity contribution in [3.63, 3.8) is 0 Å². The average molecular weight is 471 g/mol. The Kier molecular flexibility index (Phi) is 7.29. The van der Waals surface area contributed by atoms with Gasteiger partial charge in [-0.15, -0.1) is 0 Å². The summed E-state index contributed by atoms with van der Waals surface area (Å²) in [6.45, 7) is 3.31. The van der Waals surface area contributed by atoms with Crippen LogP contribution in [0.1, 0.15) is 36.8 Å². The molecule has 1 N–H and O–H groups in total. The third-order valence-corrected chi connectivity index (χ3v) is 7.24. The number of fused-ring (bicyclic) bond motifs is 4. The molecule has 34 heavy (non-hydrogen) atoms. The molecule has 3 aliphatic heterocycles. The smallest absolute Gasteiger partial charge is 0.290 e. The summed E-state index contributed by atoms with van der Waals surface area (Å²) in [6.07, 6.45) is 7.81. The second kappa shape index (κ2) is 10.4. The molecule has 3 saturated heterocycles. The number of likely N-dealkylation sites (tertiary alicyclic amines) is 1. The molecule has 2 amide bonds. The molecule has 0 saturated carbocycles. The number of hydrogen-bond acceptors (Lipinski definition) is 4. The number of nitrogens with zero attached hydrogens (tertiary/aromatic N) is 4. The van der Waals surface area contributed by atoms with Gasteiger partial charge >= 0.3 is 0 Å². The van der Waals surface area contributed by atoms with Crippen LogP contribution in [-0.2, 0) is 27.3 Å². The lowest BCUT2D eigenvalue weighted by molar-refractivity contribution is -0.156. The van der Waals surface area contributed by atoms with Gasteiger partial charge in [-0.3, -0.25) is 19.1 Å². The summed E-state index contributed by atoms with van der Waals surface area (Å²) >= 11 is 0. The SMILES string of the molecule is Cc1cnn(CC(=O)N2C[C@H]3C[C@@H](C2)[C@H](Cc2cccc(F)c2)N2C(=O)CCC[C@@H]32)c1.O=CO. The van der Waals surface area contributed by atoms with Crippen LogP contribution in [0.15, 0.2) is 36.7 Å². The summed E-state index contributed by atoms with van der Waals surface area (Å²) in [5, 5.41) is 11.1. The normalized spacial score (nSPS) is 25.8. The first kappa shape index (κ1) is 23.9. The third kappa shape index (κ3) is 5.13. The van der Waals surface area contributed by atoms with Gasteiger partial charge in [0, 0.05) is 37.8 Å². The predicted octanol–water partition coefficient (Wildman–Crippen LogP) is 2.50.